The van der Waals surface area contributed by atoms with E-state index in [1.807, 2.05) is 42.2 Å². The molecule has 0 spiro atoms. The van der Waals surface area contributed by atoms with E-state index in [0.717, 1.165) is 38.3 Å². The van der Waals surface area contributed by atoms with E-state index in [4.69, 9.17) is 10.5 Å². The Morgan fingerprint density at radius 2 is 2.00 bits per heavy atom. The molecule has 1 atom stereocenters. The topological polar surface area (TPSA) is 55.6 Å². The molecule has 2 rings (SSSR count). The Morgan fingerprint density at radius 3 is 2.60 bits per heavy atom. The van der Waals surface area contributed by atoms with Gasteiger partial charge in [-0.05, 0) is 30.9 Å². The SMILES string of the molecule is CC(CN)C(=O)N1CCC(COc2ccccc2)CC1. The van der Waals surface area contributed by atoms with Gasteiger partial charge < -0.3 is 15.4 Å². The third kappa shape index (κ3) is 3.97. The Labute approximate surface area is 120 Å². The lowest BCUT2D eigenvalue weighted by molar-refractivity contribution is -0.136. The van der Waals surface area contributed by atoms with E-state index in [1.54, 1.807) is 0 Å². The quantitative estimate of drug-likeness (QED) is 0.893. The van der Waals surface area contributed by atoms with E-state index in [9.17, 15) is 4.79 Å². The lowest BCUT2D eigenvalue weighted by Gasteiger charge is -2.33. The number of nitrogens with two attached hydrogens (primary N) is 1. The number of para-hydroxylation sites is 1. The standard InChI is InChI=1S/C16H24N2O2/c1-13(11-17)16(19)18-9-7-14(8-10-18)12-20-15-5-3-2-4-6-15/h2-6,13-14H,7-12,17H2,1H3. The third-order valence-electron chi connectivity index (χ3n) is 3.93. The number of amides is 1. The Kier molecular flexibility index (Phi) is 5.41. The number of rotatable bonds is 5. The summed E-state index contributed by atoms with van der Waals surface area (Å²) in [4.78, 5) is 14.0. The van der Waals surface area contributed by atoms with Gasteiger partial charge in [-0.1, -0.05) is 25.1 Å². The van der Waals surface area contributed by atoms with Crippen LogP contribution in [0.4, 0.5) is 0 Å². The number of carbonyl (C=O) groups excluding carboxylic acids is 1. The molecule has 2 N–H and O–H groups in total. The second-order valence-electron chi connectivity index (χ2n) is 5.53. The molecule has 1 aromatic rings. The van der Waals surface area contributed by atoms with Crippen molar-refractivity contribution < 1.29 is 9.53 Å². The minimum Gasteiger partial charge on any atom is -0.493 e. The summed E-state index contributed by atoms with van der Waals surface area (Å²) in [6.07, 6.45) is 2.02. The maximum atomic E-state index is 12.0. The molecule has 1 aliphatic rings. The van der Waals surface area contributed by atoms with Gasteiger partial charge in [0.25, 0.3) is 0 Å². The highest BCUT2D eigenvalue weighted by Gasteiger charge is 2.25. The van der Waals surface area contributed by atoms with Gasteiger partial charge >= 0.3 is 0 Å². The van der Waals surface area contributed by atoms with Gasteiger partial charge in [-0.15, -0.1) is 0 Å². The first-order chi connectivity index (χ1) is 9.70. The molecule has 20 heavy (non-hydrogen) atoms. The van der Waals surface area contributed by atoms with Crippen molar-refractivity contribution in [1.82, 2.24) is 4.90 Å². The number of hydrogen-bond acceptors (Lipinski definition) is 3. The monoisotopic (exact) mass is 276 g/mol. The minimum atomic E-state index is -0.0629. The molecule has 4 nitrogen and oxygen atoms in total. The summed E-state index contributed by atoms with van der Waals surface area (Å²) in [5.74, 6) is 1.58. The van der Waals surface area contributed by atoms with Gasteiger partial charge in [-0.3, -0.25) is 4.79 Å². The van der Waals surface area contributed by atoms with Crippen molar-refractivity contribution >= 4 is 5.91 Å². The third-order valence-corrected chi connectivity index (χ3v) is 3.93. The number of likely N-dealkylation sites (tertiary alicyclic amines) is 1. The lowest BCUT2D eigenvalue weighted by Crippen LogP contribution is -2.43. The smallest absolute Gasteiger partial charge is 0.226 e. The molecule has 0 radical (unpaired) electrons. The highest BCUT2D eigenvalue weighted by Crippen LogP contribution is 2.20. The molecule has 0 bridgehead atoms. The van der Waals surface area contributed by atoms with Gasteiger partial charge in [0, 0.05) is 25.6 Å². The Balaban J connectivity index is 1.73. The van der Waals surface area contributed by atoms with Crippen LogP contribution in [0.15, 0.2) is 30.3 Å². The molecule has 1 aliphatic heterocycles. The lowest BCUT2D eigenvalue weighted by atomic mass is 9.96. The van der Waals surface area contributed by atoms with Crippen molar-refractivity contribution in [3.05, 3.63) is 30.3 Å². The number of hydrogen-bond donors (Lipinski definition) is 1. The molecule has 1 heterocycles. The molecule has 110 valence electrons. The number of nitrogens with zero attached hydrogens (tertiary/aromatic N) is 1. The molecule has 4 heteroatoms. The molecule has 1 saturated heterocycles. The highest BCUT2D eigenvalue weighted by molar-refractivity contribution is 5.78. The van der Waals surface area contributed by atoms with Gasteiger partial charge in [-0.25, -0.2) is 0 Å². The van der Waals surface area contributed by atoms with E-state index >= 15 is 0 Å². The Hall–Kier alpha value is -1.55. The molecule has 0 aliphatic carbocycles. The summed E-state index contributed by atoms with van der Waals surface area (Å²) < 4.78 is 5.79. The van der Waals surface area contributed by atoms with Gasteiger partial charge in [0.05, 0.1) is 6.61 Å². The second kappa shape index (κ2) is 7.29. The van der Waals surface area contributed by atoms with E-state index in [2.05, 4.69) is 0 Å². The first-order valence-corrected chi connectivity index (χ1v) is 7.37. The molecule has 1 aromatic carbocycles. The zero-order valence-corrected chi connectivity index (χ0v) is 12.1. The summed E-state index contributed by atoms with van der Waals surface area (Å²) in [6.45, 7) is 4.71. The molecule has 1 amide bonds. The van der Waals surface area contributed by atoms with Crippen LogP contribution in [-0.2, 0) is 4.79 Å². The predicted molar refractivity (Wildman–Crippen MR) is 79.5 cm³/mol. The fourth-order valence-corrected chi connectivity index (χ4v) is 2.46. The van der Waals surface area contributed by atoms with Crippen molar-refractivity contribution in [3.8, 4) is 5.75 Å². The molecular formula is C16H24N2O2. The van der Waals surface area contributed by atoms with Crippen LogP contribution < -0.4 is 10.5 Å². The fraction of sp³-hybridized carbons (Fsp3) is 0.562. The second-order valence-corrected chi connectivity index (χ2v) is 5.53. The number of ether oxygens (including phenoxy) is 1. The molecule has 1 fully saturated rings. The number of piperidine rings is 1. The van der Waals surface area contributed by atoms with Gasteiger partial charge in [0.15, 0.2) is 0 Å². The molecule has 0 saturated carbocycles. The van der Waals surface area contributed by atoms with Crippen molar-refractivity contribution in [1.29, 1.82) is 0 Å². The maximum absolute atomic E-state index is 12.0. The molecule has 1 unspecified atom stereocenters. The largest absolute Gasteiger partial charge is 0.493 e. The van der Waals surface area contributed by atoms with E-state index in [1.165, 1.54) is 0 Å². The van der Waals surface area contributed by atoms with Crippen LogP contribution in [-0.4, -0.2) is 37.0 Å². The number of benzene rings is 1. The molecule has 0 aromatic heterocycles. The van der Waals surface area contributed by atoms with Crippen molar-refractivity contribution in [3.63, 3.8) is 0 Å². The van der Waals surface area contributed by atoms with Gasteiger partial charge in [0.1, 0.15) is 5.75 Å². The van der Waals surface area contributed by atoms with Crippen molar-refractivity contribution in [2.75, 3.05) is 26.2 Å². The van der Waals surface area contributed by atoms with Crippen LogP contribution >= 0.6 is 0 Å². The van der Waals surface area contributed by atoms with Crippen molar-refractivity contribution in [2.45, 2.75) is 19.8 Å². The average molecular weight is 276 g/mol. The normalized spacial score (nSPS) is 17.8. The van der Waals surface area contributed by atoms with Crippen LogP contribution in [0.5, 0.6) is 5.75 Å². The first-order valence-electron chi connectivity index (χ1n) is 7.37. The van der Waals surface area contributed by atoms with Crippen LogP contribution in [0.3, 0.4) is 0 Å². The number of carbonyl (C=O) groups is 1. The highest BCUT2D eigenvalue weighted by atomic mass is 16.5. The van der Waals surface area contributed by atoms with Gasteiger partial charge in [-0.2, -0.15) is 0 Å². The van der Waals surface area contributed by atoms with Crippen LogP contribution in [0, 0.1) is 11.8 Å². The zero-order chi connectivity index (χ0) is 14.4. The summed E-state index contributed by atoms with van der Waals surface area (Å²) in [6, 6.07) is 9.88. The van der Waals surface area contributed by atoms with E-state index in [-0.39, 0.29) is 11.8 Å². The zero-order valence-electron chi connectivity index (χ0n) is 12.1. The van der Waals surface area contributed by atoms with Crippen LogP contribution in [0.25, 0.3) is 0 Å². The maximum Gasteiger partial charge on any atom is 0.226 e. The van der Waals surface area contributed by atoms with Crippen LogP contribution in [0.2, 0.25) is 0 Å². The summed E-state index contributed by atoms with van der Waals surface area (Å²) in [7, 11) is 0. The minimum absolute atomic E-state index is 0.0629. The van der Waals surface area contributed by atoms with E-state index < -0.39 is 0 Å². The van der Waals surface area contributed by atoms with Crippen LogP contribution in [0.1, 0.15) is 19.8 Å². The predicted octanol–water partition coefficient (Wildman–Crippen LogP) is 1.90. The summed E-state index contributed by atoms with van der Waals surface area (Å²) >= 11 is 0. The Bertz CT molecular complexity index is 414. The van der Waals surface area contributed by atoms with Gasteiger partial charge in [0.2, 0.25) is 5.91 Å². The van der Waals surface area contributed by atoms with Crippen molar-refractivity contribution in [2.24, 2.45) is 17.6 Å². The average Bonchev–Trinajstić information content (AvgIpc) is 2.53. The first kappa shape index (κ1) is 14.9. The summed E-state index contributed by atoms with van der Waals surface area (Å²) in [5.41, 5.74) is 5.55. The van der Waals surface area contributed by atoms with E-state index in [0.29, 0.717) is 12.5 Å². The molecular weight excluding hydrogens is 252 g/mol. The fourth-order valence-electron chi connectivity index (χ4n) is 2.46. The summed E-state index contributed by atoms with van der Waals surface area (Å²) in [5, 5.41) is 0. The Morgan fingerprint density at radius 1 is 1.35 bits per heavy atom.